The second-order valence-corrected chi connectivity index (χ2v) is 7.02. The topological polar surface area (TPSA) is 58.6 Å². The molecule has 2 amide bonds. The Kier molecular flexibility index (Phi) is 5.44. The van der Waals surface area contributed by atoms with Gasteiger partial charge in [-0.05, 0) is 62.7 Å². The number of ether oxygens (including phenoxy) is 1. The summed E-state index contributed by atoms with van der Waals surface area (Å²) in [6.07, 6.45) is 0.202. The minimum atomic E-state index is -0.478. The van der Waals surface area contributed by atoms with E-state index in [0.717, 1.165) is 11.4 Å². The van der Waals surface area contributed by atoms with Crippen LogP contribution in [0.3, 0.4) is 0 Å². The molecule has 0 spiro atoms. The fourth-order valence-electron chi connectivity index (χ4n) is 3.02. The van der Waals surface area contributed by atoms with Crippen molar-refractivity contribution in [2.45, 2.75) is 33.3 Å². The van der Waals surface area contributed by atoms with E-state index >= 15 is 0 Å². The van der Waals surface area contributed by atoms with E-state index in [2.05, 4.69) is 5.32 Å². The van der Waals surface area contributed by atoms with Gasteiger partial charge in [0.15, 0.2) is 0 Å². The Labute approximate surface area is 158 Å². The van der Waals surface area contributed by atoms with E-state index in [1.165, 1.54) is 6.07 Å². The van der Waals surface area contributed by atoms with Crippen LogP contribution < -0.4 is 15.0 Å². The Balaban J connectivity index is 1.65. The van der Waals surface area contributed by atoms with E-state index in [9.17, 15) is 14.0 Å². The highest BCUT2D eigenvalue weighted by Crippen LogP contribution is 2.28. The average molecular weight is 370 g/mol. The lowest BCUT2D eigenvalue weighted by Gasteiger charge is -2.18. The Morgan fingerprint density at radius 1 is 1.22 bits per heavy atom. The van der Waals surface area contributed by atoms with E-state index in [-0.39, 0.29) is 30.2 Å². The number of carbonyl (C=O) groups is 2. The van der Waals surface area contributed by atoms with Crippen LogP contribution >= 0.6 is 0 Å². The number of halogens is 1. The minimum Gasteiger partial charge on any atom is -0.491 e. The number of hydrogen-bond donors (Lipinski definition) is 1. The van der Waals surface area contributed by atoms with Crippen molar-refractivity contribution < 1.29 is 18.7 Å². The van der Waals surface area contributed by atoms with E-state index in [1.807, 2.05) is 38.1 Å². The van der Waals surface area contributed by atoms with E-state index in [1.54, 1.807) is 24.0 Å². The molecule has 2 aromatic carbocycles. The lowest BCUT2D eigenvalue weighted by Crippen LogP contribution is -2.28. The van der Waals surface area contributed by atoms with Crippen molar-refractivity contribution >= 4 is 23.2 Å². The van der Waals surface area contributed by atoms with Gasteiger partial charge in [-0.3, -0.25) is 9.59 Å². The first-order valence-corrected chi connectivity index (χ1v) is 8.97. The maximum absolute atomic E-state index is 13.6. The molecule has 1 aliphatic rings. The second kappa shape index (κ2) is 7.78. The van der Waals surface area contributed by atoms with Crippen molar-refractivity contribution in [3.05, 3.63) is 53.8 Å². The van der Waals surface area contributed by atoms with Gasteiger partial charge in [0.05, 0.1) is 12.0 Å². The Hall–Kier alpha value is -2.89. The molecule has 3 rings (SSSR count). The molecular weight excluding hydrogens is 347 g/mol. The molecular formula is C21H23FN2O3. The highest BCUT2D eigenvalue weighted by molar-refractivity contribution is 6.03. The van der Waals surface area contributed by atoms with Crippen LogP contribution in [-0.2, 0) is 9.59 Å². The molecule has 0 saturated carbocycles. The Morgan fingerprint density at radius 2 is 1.93 bits per heavy atom. The lowest BCUT2D eigenvalue weighted by atomic mass is 10.1. The minimum absolute atomic E-state index is 0.0731. The monoisotopic (exact) mass is 370 g/mol. The molecule has 1 saturated heterocycles. The molecule has 1 N–H and O–H groups in total. The molecule has 0 bridgehead atoms. The fraction of sp³-hybridized carbons (Fsp3) is 0.333. The number of benzene rings is 2. The van der Waals surface area contributed by atoms with Crippen LogP contribution in [-0.4, -0.2) is 24.5 Å². The van der Waals surface area contributed by atoms with Crippen molar-refractivity contribution in [1.82, 2.24) is 0 Å². The van der Waals surface area contributed by atoms with E-state index in [0.29, 0.717) is 17.8 Å². The van der Waals surface area contributed by atoms with Crippen molar-refractivity contribution in [1.29, 1.82) is 0 Å². The summed E-state index contributed by atoms with van der Waals surface area (Å²) in [6, 6.07) is 11.8. The van der Waals surface area contributed by atoms with Crippen LogP contribution in [0.2, 0.25) is 0 Å². The number of carbonyl (C=O) groups excluding carboxylic acids is 2. The van der Waals surface area contributed by atoms with Gasteiger partial charge in [-0.1, -0.05) is 6.07 Å². The summed E-state index contributed by atoms with van der Waals surface area (Å²) < 4.78 is 19.2. The molecule has 27 heavy (non-hydrogen) atoms. The molecule has 2 aromatic rings. The normalized spacial score (nSPS) is 16.7. The maximum atomic E-state index is 13.6. The van der Waals surface area contributed by atoms with Gasteiger partial charge in [0.1, 0.15) is 11.6 Å². The zero-order valence-electron chi connectivity index (χ0n) is 15.7. The van der Waals surface area contributed by atoms with E-state index in [4.69, 9.17) is 4.74 Å². The molecule has 142 valence electrons. The van der Waals surface area contributed by atoms with Gasteiger partial charge in [0.25, 0.3) is 0 Å². The van der Waals surface area contributed by atoms with Crippen LogP contribution in [0.1, 0.15) is 25.8 Å². The standard InChI is InChI=1S/C21H23FN2O3/c1-13(2)27-18-8-6-17(7-9-18)24-12-15(10-20(24)25)21(26)23-16-5-4-14(3)19(22)11-16/h4-9,11,13,15H,10,12H2,1-3H3,(H,23,26)/t15-/m0/s1. The number of aryl methyl sites for hydroxylation is 1. The third-order valence-electron chi connectivity index (χ3n) is 4.46. The van der Waals surface area contributed by atoms with Crippen molar-refractivity contribution in [3.63, 3.8) is 0 Å². The average Bonchev–Trinajstić information content (AvgIpc) is 3.00. The molecule has 0 aromatic heterocycles. The zero-order chi connectivity index (χ0) is 19.6. The summed E-state index contributed by atoms with van der Waals surface area (Å²) in [5.74, 6) is -0.512. The molecule has 5 nitrogen and oxygen atoms in total. The Morgan fingerprint density at radius 3 is 2.56 bits per heavy atom. The molecule has 1 fully saturated rings. The van der Waals surface area contributed by atoms with Crippen LogP contribution in [0.5, 0.6) is 5.75 Å². The molecule has 0 radical (unpaired) electrons. The first kappa shape index (κ1) is 18.9. The molecule has 0 unspecified atom stereocenters. The van der Waals surface area contributed by atoms with Crippen molar-refractivity contribution in [2.75, 3.05) is 16.8 Å². The third kappa shape index (κ3) is 4.45. The van der Waals surface area contributed by atoms with Crippen molar-refractivity contribution in [3.8, 4) is 5.75 Å². The quantitative estimate of drug-likeness (QED) is 0.868. The van der Waals surface area contributed by atoms with Gasteiger partial charge in [0.2, 0.25) is 11.8 Å². The van der Waals surface area contributed by atoms with Gasteiger partial charge < -0.3 is 15.0 Å². The number of hydrogen-bond acceptors (Lipinski definition) is 3. The van der Waals surface area contributed by atoms with Gasteiger partial charge in [0, 0.05) is 24.3 Å². The number of amides is 2. The van der Waals surface area contributed by atoms with Gasteiger partial charge >= 0.3 is 0 Å². The fourth-order valence-corrected chi connectivity index (χ4v) is 3.02. The SMILES string of the molecule is Cc1ccc(NC(=O)[C@H]2CC(=O)N(c3ccc(OC(C)C)cc3)C2)cc1F. The first-order valence-electron chi connectivity index (χ1n) is 8.97. The lowest BCUT2D eigenvalue weighted by molar-refractivity contribution is -0.122. The van der Waals surface area contributed by atoms with Crippen molar-refractivity contribution in [2.24, 2.45) is 5.92 Å². The molecule has 6 heteroatoms. The zero-order valence-corrected chi connectivity index (χ0v) is 15.7. The molecule has 0 aliphatic carbocycles. The molecule has 1 heterocycles. The molecule has 1 atom stereocenters. The second-order valence-electron chi connectivity index (χ2n) is 7.02. The number of anilines is 2. The third-order valence-corrected chi connectivity index (χ3v) is 4.46. The smallest absolute Gasteiger partial charge is 0.229 e. The number of nitrogens with zero attached hydrogens (tertiary/aromatic N) is 1. The number of nitrogens with one attached hydrogen (secondary N) is 1. The summed E-state index contributed by atoms with van der Waals surface area (Å²) in [6.45, 7) is 5.84. The van der Waals surface area contributed by atoms with Crippen LogP contribution in [0.25, 0.3) is 0 Å². The predicted octanol–water partition coefficient (Wildman–Crippen LogP) is 3.91. The largest absolute Gasteiger partial charge is 0.491 e. The van der Waals surface area contributed by atoms with Gasteiger partial charge in [-0.2, -0.15) is 0 Å². The summed E-state index contributed by atoms with van der Waals surface area (Å²) in [5.41, 5.74) is 1.64. The predicted molar refractivity (Wildman–Crippen MR) is 102 cm³/mol. The van der Waals surface area contributed by atoms with Gasteiger partial charge in [-0.15, -0.1) is 0 Å². The highest BCUT2D eigenvalue weighted by atomic mass is 19.1. The summed E-state index contributed by atoms with van der Waals surface area (Å²) in [7, 11) is 0. The summed E-state index contributed by atoms with van der Waals surface area (Å²) in [4.78, 5) is 26.4. The maximum Gasteiger partial charge on any atom is 0.229 e. The van der Waals surface area contributed by atoms with Gasteiger partial charge in [-0.25, -0.2) is 4.39 Å². The summed E-state index contributed by atoms with van der Waals surface area (Å²) >= 11 is 0. The summed E-state index contributed by atoms with van der Waals surface area (Å²) in [5, 5.41) is 2.70. The Bertz CT molecular complexity index is 849. The van der Waals surface area contributed by atoms with Crippen LogP contribution in [0.4, 0.5) is 15.8 Å². The number of rotatable bonds is 5. The van der Waals surface area contributed by atoms with E-state index < -0.39 is 5.92 Å². The van der Waals surface area contributed by atoms with Crippen LogP contribution in [0, 0.1) is 18.7 Å². The van der Waals surface area contributed by atoms with Crippen LogP contribution in [0.15, 0.2) is 42.5 Å². The highest BCUT2D eigenvalue weighted by Gasteiger charge is 2.35. The first-order chi connectivity index (χ1) is 12.8. The molecule has 1 aliphatic heterocycles.